The zero-order valence-electron chi connectivity index (χ0n) is 11.6. The van der Waals surface area contributed by atoms with Crippen molar-refractivity contribution in [2.24, 2.45) is 5.92 Å². The van der Waals surface area contributed by atoms with Crippen LogP contribution in [0, 0.1) is 12.8 Å². The largest absolute Gasteiger partial charge is 0.398 e. The van der Waals surface area contributed by atoms with Gasteiger partial charge in [-0.15, -0.1) is 0 Å². The maximum absolute atomic E-state index is 12.2. The molecule has 0 aromatic heterocycles. The SMILES string of the molecule is CCC1OCCC1CNC(=O)c1cccc(N)c1C. The van der Waals surface area contributed by atoms with Crippen LogP contribution in [-0.2, 0) is 4.74 Å². The number of rotatable bonds is 4. The summed E-state index contributed by atoms with van der Waals surface area (Å²) in [4.78, 5) is 12.2. The Morgan fingerprint density at radius 1 is 1.53 bits per heavy atom. The number of nitrogens with two attached hydrogens (primary N) is 1. The van der Waals surface area contributed by atoms with E-state index >= 15 is 0 Å². The minimum absolute atomic E-state index is 0.0495. The first-order valence-corrected chi connectivity index (χ1v) is 6.88. The van der Waals surface area contributed by atoms with Crippen molar-refractivity contribution in [1.29, 1.82) is 0 Å². The second-order valence-corrected chi connectivity index (χ2v) is 5.10. The molecule has 0 bridgehead atoms. The van der Waals surface area contributed by atoms with E-state index in [1.54, 1.807) is 0 Å². The van der Waals surface area contributed by atoms with Gasteiger partial charge in [0.15, 0.2) is 0 Å². The summed E-state index contributed by atoms with van der Waals surface area (Å²) >= 11 is 0. The smallest absolute Gasteiger partial charge is 0.251 e. The molecule has 0 saturated carbocycles. The van der Waals surface area contributed by atoms with Gasteiger partial charge in [-0.3, -0.25) is 4.79 Å². The highest BCUT2D eigenvalue weighted by atomic mass is 16.5. The Morgan fingerprint density at radius 2 is 2.32 bits per heavy atom. The van der Waals surface area contributed by atoms with Crippen LogP contribution in [0.4, 0.5) is 5.69 Å². The minimum Gasteiger partial charge on any atom is -0.398 e. The average Bonchev–Trinajstić information content (AvgIpc) is 2.86. The Morgan fingerprint density at radius 3 is 3.05 bits per heavy atom. The van der Waals surface area contributed by atoms with Gasteiger partial charge in [-0.05, 0) is 37.5 Å². The molecular formula is C15H22N2O2. The topological polar surface area (TPSA) is 64.3 Å². The highest BCUT2D eigenvalue weighted by molar-refractivity contribution is 5.96. The van der Waals surface area contributed by atoms with Crippen LogP contribution in [0.3, 0.4) is 0 Å². The van der Waals surface area contributed by atoms with E-state index in [0.717, 1.165) is 25.0 Å². The summed E-state index contributed by atoms with van der Waals surface area (Å²) in [7, 11) is 0. The summed E-state index contributed by atoms with van der Waals surface area (Å²) in [5, 5.41) is 3.00. The first-order chi connectivity index (χ1) is 9.13. The molecule has 2 rings (SSSR count). The average molecular weight is 262 g/mol. The van der Waals surface area contributed by atoms with Crippen molar-refractivity contribution in [3.05, 3.63) is 29.3 Å². The lowest BCUT2D eigenvalue weighted by molar-refractivity contribution is 0.0826. The quantitative estimate of drug-likeness (QED) is 0.817. The number of amides is 1. The molecule has 1 heterocycles. The molecule has 1 amide bonds. The van der Waals surface area contributed by atoms with Gasteiger partial charge in [0.1, 0.15) is 0 Å². The third kappa shape index (κ3) is 3.07. The van der Waals surface area contributed by atoms with Gasteiger partial charge in [0.2, 0.25) is 0 Å². The van der Waals surface area contributed by atoms with Gasteiger partial charge in [0.25, 0.3) is 5.91 Å². The summed E-state index contributed by atoms with van der Waals surface area (Å²) in [5.41, 5.74) is 7.98. The summed E-state index contributed by atoms with van der Waals surface area (Å²) in [6, 6.07) is 5.43. The molecule has 2 unspecified atom stereocenters. The standard InChI is InChI=1S/C15H22N2O2/c1-3-14-11(7-8-19-14)9-17-15(18)12-5-4-6-13(16)10(12)2/h4-6,11,14H,3,7-9,16H2,1-2H3,(H,17,18). The van der Waals surface area contributed by atoms with Crippen molar-refractivity contribution >= 4 is 11.6 Å². The van der Waals surface area contributed by atoms with Crippen LogP contribution in [0.1, 0.15) is 35.7 Å². The second-order valence-electron chi connectivity index (χ2n) is 5.10. The molecule has 1 aliphatic rings. The fourth-order valence-electron chi connectivity index (χ4n) is 2.60. The van der Waals surface area contributed by atoms with Crippen LogP contribution in [0.5, 0.6) is 0 Å². The van der Waals surface area contributed by atoms with Crippen LogP contribution in [0.2, 0.25) is 0 Å². The first kappa shape index (κ1) is 13.9. The Labute approximate surface area is 114 Å². The number of nitrogens with one attached hydrogen (secondary N) is 1. The number of carbonyl (C=O) groups excluding carboxylic acids is 1. The molecule has 0 radical (unpaired) electrons. The zero-order valence-corrected chi connectivity index (χ0v) is 11.6. The van der Waals surface area contributed by atoms with E-state index in [2.05, 4.69) is 12.2 Å². The molecule has 0 aliphatic carbocycles. The predicted molar refractivity (Wildman–Crippen MR) is 76.1 cm³/mol. The lowest BCUT2D eigenvalue weighted by atomic mass is 9.99. The predicted octanol–water partition coefficient (Wildman–Crippen LogP) is 2.12. The fourth-order valence-corrected chi connectivity index (χ4v) is 2.60. The number of hydrogen-bond donors (Lipinski definition) is 2. The van der Waals surface area contributed by atoms with Gasteiger partial charge < -0.3 is 15.8 Å². The summed E-state index contributed by atoms with van der Waals surface area (Å²) < 4.78 is 5.62. The molecule has 104 valence electrons. The van der Waals surface area contributed by atoms with E-state index in [1.807, 2.05) is 25.1 Å². The van der Waals surface area contributed by atoms with Crippen LogP contribution in [0.25, 0.3) is 0 Å². The molecule has 1 aliphatic heterocycles. The van der Waals surface area contributed by atoms with Crippen molar-refractivity contribution in [3.63, 3.8) is 0 Å². The molecule has 4 nitrogen and oxygen atoms in total. The zero-order chi connectivity index (χ0) is 13.8. The molecule has 19 heavy (non-hydrogen) atoms. The second kappa shape index (κ2) is 6.06. The van der Waals surface area contributed by atoms with E-state index in [0.29, 0.717) is 23.7 Å². The molecule has 1 saturated heterocycles. The van der Waals surface area contributed by atoms with Crippen molar-refractivity contribution in [2.45, 2.75) is 32.8 Å². The maximum Gasteiger partial charge on any atom is 0.251 e. The molecule has 2 atom stereocenters. The number of ether oxygens (including phenoxy) is 1. The molecule has 1 fully saturated rings. The van der Waals surface area contributed by atoms with Crippen LogP contribution in [-0.4, -0.2) is 25.2 Å². The lowest BCUT2D eigenvalue weighted by Crippen LogP contribution is -2.33. The van der Waals surface area contributed by atoms with Crippen LogP contribution >= 0.6 is 0 Å². The highest BCUT2D eigenvalue weighted by Crippen LogP contribution is 2.23. The molecule has 0 spiro atoms. The van der Waals surface area contributed by atoms with E-state index < -0.39 is 0 Å². The van der Waals surface area contributed by atoms with Gasteiger partial charge in [-0.25, -0.2) is 0 Å². The monoisotopic (exact) mass is 262 g/mol. The Bertz CT molecular complexity index is 459. The number of nitrogen functional groups attached to an aromatic ring is 1. The van der Waals surface area contributed by atoms with Gasteiger partial charge >= 0.3 is 0 Å². The normalized spacial score (nSPS) is 22.4. The Hall–Kier alpha value is -1.55. The van der Waals surface area contributed by atoms with Crippen molar-refractivity contribution in [1.82, 2.24) is 5.32 Å². The number of carbonyl (C=O) groups is 1. The van der Waals surface area contributed by atoms with Crippen molar-refractivity contribution in [3.8, 4) is 0 Å². The van der Waals surface area contributed by atoms with Crippen LogP contribution < -0.4 is 11.1 Å². The van der Waals surface area contributed by atoms with Gasteiger partial charge in [0.05, 0.1) is 6.10 Å². The number of benzene rings is 1. The maximum atomic E-state index is 12.2. The van der Waals surface area contributed by atoms with Crippen molar-refractivity contribution in [2.75, 3.05) is 18.9 Å². The first-order valence-electron chi connectivity index (χ1n) is 6.88. The third-order valence-electron chi connectivity index (χ3n) is 3.89. The van der Waals surface area contributed by atoms with E-state index in [1.165, 1.54) is 0 Å². The fraction of sp³-hybridized carbons (Fsp3) is 0.533. The van der Waals surface area contributed by atoms with Gasteiger partial charge in [-0.1, -0.05) is 13.0 Å². The highest BCUT2D eigenvalue weighted by Gasteiger charge is 2.27. The molecule has 1 aromatic carbocycles. The third-order valence-corrected chi connectivity index (χ3v) is 3.89. The van der Waals surface area contributed by atoms with Gasteiger partial charge in [0, 0.05) is 30.3 Å². The van der Waals surface area contributed by atoms with E-state index in [9.17, 15) is 4.79 Å². The number of anilines is 1. The summed E-state index contributed by atoms with van der Waals surface area (Å²) in [5.74, 6) is 0.377. The molecule has 4 heteroatoms. The lowest BCUT2D eigenvalue weighted by Gasteiger charge is -2.17. The van der Waals surface area contributed by atoms with Gasteiger partial charge in [-0.2, -0.15) is 0 Å². The summed E-state index contributed by atoms with van der Waals surface area (Å²) in [6.07, 6.45) is 2.30. The molecular weight excluding hydrogens is 240 g/mol. The Kier molecular flexibility index (Phi) is 4.43. The van der Waals surface area contributed by atoms with E-state index in [-0.39, 0.29) is 12.0 Å². The molecule has 3 N–H and O–H groups in total. The molecule has 1 aromatic rings. The number of hydrogen-bond acceptors (Lipinski definition) is 3. The van der Waals surface area contributed by atoms with E-state index in [4.69, 9.17) is 10.5 Å². The Balaban J connectivity index is 1.96. The van der Waals surface area contributed by atoms with Crippen molar-refractivity contribution < 1.29 is 9.53 Å². The minimum atomic E-state index is -0.0495. The summed E-state index contributed by atoms with van der Waals surface area (Å²) in [6.45, 7) is 5.46. The van der Waals surface area contributed by atoms with Crippen LogP contribution in [0.15, 0.2) is 18.2 Å².